The third-order valence-electron chi connectivity index (χ3n) is 0.368. The van der Waals surface area contributed by atoms with Gasteiger partial charge in [-0.3, -0.25) is 9.11 Å². The Morgan fingerprint density at radius 3 is 1.25 bits per heavy atom. The molecule has 0 amide bonds. The van der Waals surface area contributed by atoms with E-state index in [2.05, 4.69) is 0 Å². The van der Waals surface area contributed by atoms with Gasteiger partial charge < -0.3 is 10.2 Å². The van der Waals surface area contributed by atoms with E-state index >= 15 is 0 Å². The van der Waals surface area contributed by atoms with Crippen molar-refractivity contribution in [1.29, 1.82) is 0 Å². The largest absolute Gasteiger partial charge is 0.478 e. The standard InChI is InChI=1S/C4H4O4.H2O3S/c5-3(6)1-2-4(7)8;1-4(2)3/h1-2H,(H,5,6)(H,7,8);(H2,1,2,3). The third kappa shape index (κ3) is 37.4. The van der Waals surface area contributed by atoms with Crippen molar-refractivity contribution in [1.82, 2.24) is 0 Å². The molecule has 0 radical (unpaired) electrons. The van der Waals surface area contributed by atoms with Gasteiger partial charge in [0.05, 0.1) is 0 Å². The first-order valence-electron chi connectivity index (χ1n) is 2.30. The van der Waals surface area contributed by atoms with Crippen LogP contribution in [0.15, 0.2) is 12.2 Å². The Hall–Kier alpha value is -1.25. The van der Waals surface area contributed by atoms with E-state index < -0.39 is 23.3 Å². The molecule has 0 saturated heterocycles. The summed E-state index contributed by atoms with van der Waals surface area (Å²) in [6.07, 6.45) is 1.12. The normalized spacial score (nSPS) is 9.25. The number of rotatable bonds is 2. The molecule has 0 aromatic carbocycles. The minimum Gasteiger partial charge on any atom is -0.478 e. The van der Waals surface area contributed by atoms with E-state index in [4.69, 9.17) is 23.5 Å². The van der Waals surface area contributed by atoms with Gasteiger partial charge >= 0.3 is 11.9 Å². The van der Waals surface area contributed by atoms with E-state index in [1.165, 1.54) is 0 Å². The monoisotopic (exact) mass is 198 g/mol. The second kappa shape index (κ2) is 7.85. The van der Waals surface area contributed by atoms with Crippen molar-refractivity contribution in [3.05, 3.63) is 12.2 Å². The van der Waals surface area contributed by atoms with Crippen LogP contribution in [0.5, 0.6) is 0 Å². The quantitative estimate of drug-likeness (QED) is 0.343. The van der Waals surface area contributed by atoms with E-state index in [1.807, 2.05) is 0 Å². The molecule has 0 heterocycles. The maximum absolute atomic E-state index is 9.55. The van der Waals surface area contributed by atoms with Crippen LogP contribution in [0.2, 0.25) is 0 Å². The number of carboxylic acids is 2. The summed E-state index contributed by atoms with van der Waals surface area (Å²) in [7, 11) is 0. The minimum atomic E-state index is -2.61. The molecule has 0 atom stereocenters. The Labute approximate surface area is 69.4 Å². The average molecular weight is 198 g/mol. The Bertz CT molecular complexity index is 187. The Kier molecular flexibility index (Phi) is 8.73. The first-order valence-corrected chi connectivity index (χ1v) is 3.36. The molecule has 0 fully saturated rings. The van der Waals surface area contributed by atoms with Crippen LogP contribution in [0.1, 0.15) is 0 Å². The van der Waals surface area contributed by atoms with Crippen LogP contribution in [0.3, 0.4) is 0 Å². The Morgan fingerprint density at radius 2 is 1.17 bits per heavy atom. The molecular formula is C4H6O7S. The van der Waals surface area contributed by atoms with Gasteiger partial charge in [0.2, 0.25) is 0 Å². The molecule has 0 aliphatic rings. The molecule has 12 heavy (non-hydrogen) atoms. The Morgan fingerprint density at radius 1 is 1.00 bits per heavy atom. The van der Waals surface area contributed by atoms with Crippen LogP contribution in [-0.2, 0) is 21.0 Å². The van der Waals surface area contributed by atoms with E-state index in [0.717, 1.165) is 0 Å². The van der Waals surface area contributed by atoms with Crippen LogP contribution < -0.4 is 0 Å². The fourth-order valence-electron chi connectivity index (χ4n) is 0.143. The van der Waals surface area contributed by atoms with Crippen LogP contribution in [0.4, 0.5) is 0 Å². The van der Waals surface area contributed by atoms with Crippen molar-refractivity contribution in [2.45, 2.75) is 0 Å². The van der Waals surface area contributed by atoms with Gasteiger partial charge in [0.1, 0.15) is 0 Å². The molecule has 7 nitrogen and oxygen atoms in total. The van der Waals surface area contributed by atoms with Gasteiger partial charge in [-0.05, 0) is 0 Å². The lowest BCUT2D eigenvalue weighted by Gasteiger charge is -1.74. The highest BCUT2D eigenvalue weighted by atomic mass is 32.2. The topological polar surface area (TPSA) is 132 Å². The lowest BCUT2D eigenvalue weighted by atomic mass is 10.5. The highest BCUT2D eigenvalue weighted by molar-refractivity contribution is 7.73. The smallest absolute Gasteiger partial charge is 0.328 e. The molecule has 0 aliphatic carbocycles. The highest BCUT2D eigenvalue weighted by Gasteiger charge is 1.88. The van der Waals surface area contributed by atoms with Gasteiger partial charge in [0.15, 0.2) is 0 Å². The summed E-state index contributed by atoms with van der Waals surface area (Å²) in [5, 5.41) is 15.6. The first kappa shape index (κ1) is 13.3. The highest BCUT2D eigenvalue weighted by Crippen LogP contribution is 1.70. The van der Waals surface area contributed by atoms with Crippen molar-refractivity contribution < 1.29 is 33.1 Å². The molecule has 0 unspecified atom stereocenters. The molecule has 0 bridgehead atoms. The summed E-state index contributed by atoms with van der Waals surface area (Å²) in [5.41, 5.74) is 0. The second-order valence-electron chi connectivity index (χ2n) is 1.24. The second-order valence-corrected chi connectivity index (χ2v) is 1.70. The van der Waals surface area contributed by atoms with Gasteiger partial charge in [-0.2, -0.15) is 4.21 Å². The van der Waals surface area contributed by atoms with Gasteiger partial charge in [0, 0.05) is 12.2 Å². The van der Waals surface area contributed by atoms with Crippen molar-refractivity contribution in [2.24, 2.45) is 0 Å². The number of aliphatic carboxylic acids is 2. The molecule has 8 heteroatoms. The van der Waals surface area contributed by atoms with E-state index in [1.54, 1.807) is 0 Å². The van der Waals surface area contributed by atoms with Crippen LogP contribution >= 0.6 is 0 Å². The summed E-state index contributed by atoms with van der Waals surface area (Å²) in [5.74, 6) is -2.51. The molecule has 0 aliphatic heterocycles. The lowest BCUT2D eigenvalue weighted by Crippen LogP contribution is -1.91. The molecule has 0 aromatic rings. The molecule has 0 spiro atoms. The zero-order valence-corrected chi connectivity index (χ0v) is 6.39. The van der Waals surface area contributed by atoms with Crippen molar-refractivity contribution in [3.63, 3.8) is 0 Å². The number of carbonyl (C=O) groups is 2. The van der Waals surface area contributed by atoms with E-state index in [0.29, 0.717) is 12.2 Å². The summed E-state index contributed by atoms with van der Waals surface area (Å²) in [6.45, 7) is 0. The summed E-state index contributed by atoms with van der Waals surface area (Å²) < 4.78 is 22.8. The minimum absolute atomic E-state index is 0.558. The number of carboxylic acid groups (broad SMARTS) is 2. The molecule has 70 valence electrons. The van der Waals surface area contributed by atoms with Crippen LogP contribution in [0, 0.1) is 0 Å². The van der Waals surface area contributed by atoms with Crippen molar-refractivity contribution >= 4 is 23.3 Å². The van der Waals surface area contributed by atoms with Crippen LogP contribution in [0.25, 0.3) is 0 Å². The summed E-state index contributed by atoms with van der Waals surface area (Å²) >= 11 is -2.61. The predicted molar refractivity (Wildman–Crippen MR) is 37.8 cm³/mol. The predicted octanol–water partition coefficient (Wildman–Crippen LogP) is -0.607. The zero-order valence-electron chi connectivity index (χ0n) is 5.58. The lowest BCUT2D eigenvalue weighted by molar-refractivity contribution is -0.134. The summed E-state index contributed by atoms with van der Waals surface area (Å²) in [4.78, 5) is 19.1. The van der Waals surface area contributed by atoms with Crippen LogP contribution in [-0.4, -0.2) is 35.5 Å². The maximum Gasteiger partial charge on any atom is 0.328 e. The van der Waals surface area contributed by atoms with Gasteiger partial charge in [0.25, 0.3) is 11.4 Å². The fourth-order valence-corrected chi connectivity index (χ4v) is 0.143. The fraction of sp³-hybridized carbons (Fsp3) is 0. The third-order valence-corrected chi connectivity index (χ3v) is 0.368. The van der Waals surface area contributed by atoms with E-state index in [-0.39, 0.29) is 0 Å². The van der Waals surface area contributed by atoms with Crippen molar-refractivity contribution in [2.75, 3.05) is 0 Å². The first-order chi connectivity index (χ1) is 5.36. The molecule has 4 N–H and O–H groups in total. The molecule has 0 rings (SSSR count). The van der Waals surface area contributed by atoms with Crippen molar-refractivity contribution in [3.8, 4) is 0 Å². The van der Waals surface area contributed by atoms with Gasteiger partial charge in [-0.25, -0.2) is 9.59 Å². The summed E-state index contributed by atoms with van der Waals surface area (Å²) in [6, 6.07) is 0. The maximum atomic E-state index is 9.55. The number of hydrogen-bond acceptors (Lipinski definition) is 3. The van der Waals surface area contributed by atoms with Gasteiger partial charge in [-0.15, -0.1) is 0 Å². The molecule has 0 aromatic heterocycles. The number of hydrogen-bond donors (Lipinski definition) is 4. The zero-order chi connectivity index (χ0) is 10.1. The van der Waals surface area contributed by atoms with E-state index in [9.17, 15) is 9.59 Å². The Balaban J connectivity index is 0. The molecule has 0 saturated carbocycles. The molecular weight excluding hydrogens is 192 g/mol. The van der Waals surface area contributed by atoms with Gasteiger partial charge in [-0.1, -0.05) is 0 Å². The average Bonchev–Trinajstić information content (AvgIpc) is 1.82. The SMILES string of the molecule is O=C(O)C=CC(=O)O.O=S(O)O.